The number of rotatable bonds is 11. The van der Waals surface area contributed by atoms with Gasteiger partial charge >= 0.3 is 9.53 Å². The van der Waals surface area contributed by atoms with E-state index in [0.717, 1.165) is 22.3 Å². The molecular weight excluding hydrogens is 424 g/mol. The molecule has 0 bridgehead atoms. The Morgan fingerprint density at radius 3 is 1.24 bits per heavy atom. The van der Waals surface area contributed by atoms with E-state index in [1.54, 1.807) is 0 Å². The second kappa shape index (κ2) is 12.7. The summed E-state index contributed by atoms with van der Waals surface area (Å²) in [7, 11) is -2.32. The van der Waals surface area contributed by atoms with Crippen LogP contribution in [-0.4, -0.2) is 9.53 Å². The van der Waals surface area contributed by atoms with Gasteiger partial charge in [0, 0.05) is 0 Å². The molecule has 0 radical (unpaired) electrons. The van der Waals surface area contributed by atoms with E-state index < -0.39 is 9.53 Å². The van der Waals surface area contributed by atoms with Gasteiger partial charge in [0.1, 0.15) is 0 Å². The summed E-state index contributed by atoms with van der Waals surface area (Å²) in [5.41, 5.74) is 5.64. The normalized spacial score (nSPS) is 11.3. The lowest BCUT2D eigenvalue weighted by atomic mass is 10.1. The fraction of sp³-hybridized carbons (Fsp3) is 0.103. The second-order valence-corrected chi connectivity index (χ2v) is 9.26. The summed E-state index contributed by atoms with van der Waals surface area (Å²) in [5.74, 6) is 0. The minimum Gasteiger partial charge on any atom is -0.371 e. The summed E-state index contributed by atoms with van der Waals surface area (Å²) in [6.45, 7) is 1.43. The van der Waals surface area contributed by atoms with Crippen molar-refractivity contribution in [3.05, 3.63) is 143 Å². The van der Waals surface area contributed by atoms with Gasteiger partial charge in [0.15, 0.2) is 0 Å². The summed E-state index contributed by atoms with van der Waals surface area (Å²) in [6, 6.07) is 38.9. The highest BCUT2D eigenvalue weighted by Crippen LogP contribution is 2.13. The van der Waals surface area contributed by atoms with E-state index in [9.17, 15) is 0 Å². The maximum atomic E-state index is 6.12. The highest BCUT2D eigenvalue weighted by molar-refractivity contribution is 6.36. The lowest BCUT2D eigenvalue weighted by molar-refractivity contribution is 0.0766. The van der Waals surface area contributed by atoms with Gasteiger partial charge in [-0.25, -0.2) is 0 Å². The van der Waals surface area contributed by atoms with Crippen molar-refractivity contribution in [3.8, 4) is 0 Å². The molecule has 4 heteroatoms. The van der Waals surface area contributed by atoms with Crippen molar-refractivity contribution >= 4 is 21.7 Å². The van der Waals surface area contributed by atoms with E-state index in [0.29, 0.717) is 19.8 Å². The van der Waals surface area contributed by atoms with Gasteiger partial charge in [-0.3, -0.25) is 0 Å². The third kappa shape index (κ3) is 7.97. The Morgan fingerprint density at radius 2 is 0.788 bits per heavy atom. The SMILES string of the molecule is C(=Cc1ccc(CO[SiH](OCc2ccccc2)OCc2ccccc2)cc1)c1ccccc1. The van der Waals surface area contributed by atoms with Crippen LogP contribution in [0.4, 0.5) is 0 Å². The van der Waals surface area contributed by atoms with E-state index in [4.69, 9.17) is 13.3 Å². The summed E-state index contributed by atoms with van der Waals surface area (Å²) in [5, 5.41) is 0. The largest absolute Gasteiger partial charge is 0.485 e. The zero-order chi connectivity index (χ0) is 22.6. The Labute approximate surface area is 197 Å². The molecular formula is C29H28O3Si. The lowest BCUT2D eigenvalue weighted by Gasteiger charge is -2.17. The average molecular weight is 453 g/mol. The molecule has 3 nitrogen and oxygen atoms in total. The summed E-state index contributed by atoms with van der Waals surface area (Å²) in [4.78, 5) is 0. The molecule has 0 saturated heterocycles. The first-order valence-corrected chi connectivity index (χ1v) is 12.5. The topological polar surface area (TPSA) is 27.7 Å². The fourth-order valence-corrected chi connectivity index (χ4v) is 4.54. The summed E-state index contributed by atoms with van der Waals surface area (Å²) in [6.07, 6.45) is 4.23. The predicted octanol–water partition coefficient (Wildman–Crippen LogP) is 6.52. The van der Waals surface area contributed by atoms with Crippen LogP contribution >= 0.6 is 0 Å². The maximum absolute atomic E-state index is 6.12. The van der Waals surface area contributed by atoms with Crippen LogP contribution in [0.25, 0.3) is 12.2 Å². The summed E-state index contributed by atoms with van der Waals surface area (Å²) < 4.78 is 18.2. The first-order chi connectivity index (χ1) is 16.3. The predicted molar refractivity (Wildman–Crippen MR) is 136 cm³/mol. The van der Waals surface area contributed by atoms with Crippen LogP contribution in [0.5, 0.6) is 0 Å². The van der Waals surface area contributed by atoms with Crippen LogP contribution in [0.15, 0.2) is 115 Å². The van der Waals surface area contributed by atoms with Crippen molar-refractivity contribution in [2.24, 2.45) is 0 Å². The molecule has 0 amide bonds. The van der Waals surface area contributed by atoms with Crippen LogP contribution in [0, 0.1) is 0 Å². The third-order valence-corrected chi connectivity index (χ3v) is 6.41. The molecule has 4 rings (SSSR count). The van der Waals surface area contributed by atoms with Crippen molar-refractivity contribution in [2.75, 3.05) is 0 Å². The molecule has 4 aromatic carbocycles. The molecule has 0 unspecified atom stereocenters. The van der Waals surface area contributed by atoms with Gasteiger partial charge in [0.2, 0.25) is 0 Å². The Bertz CT molecular complexity index is 1050. The summed E-state index contributed by atoms with van der Waals surface area (Å²) >= 11 is 0. The second-order valence-electron chi connectivity index (χ2n) is 7.68. The molecule has 33 heavy (non-hydrogen) atoms. The smallest absolute Gasteiger partial charge is 0.371 e. The minimum absolute atomic E-state index is 0.461. The van der Waals surface area contributed by atoms with Crippen LogP contribution in [0.1, 0.15) is 27.8 Å². The van der Waals surface area contributed by atoms with Gasteiger partial charge in [-0.15, -0.1) is 0 Å². The molecule has 0 spiro atoms. The van der Waals surface area contributed by atoms with E-state index in [1.165, 1.54) is 5.56 Å². The molecule has 0 aliphatic carbocycles. The number of hydrogen-bond donors (Lipinski definition) is 0. The van der Waals surface area contributed by atoms with Gasteiger partial charge in [-0.1, -0.05) is 127 Å². The Kier molecular flexibility index (Phi) is 8.79. The Balaban J connectivity index is 1.33. The zero-order valence-electron chi connectivity index (χ0n) is 18.5. The minimum atomic E-state index is -2.32. The molecule has 0 saturated carbocycles. The highest BCUT2D eigenvalue weighted by atomic mass is 28.3. The van der Waals surface area contributed by atoms with Gasteiger partial charge in [-0.2, -0.15) is 0 Å². The standard InChI is InChI=1S/C29H28O3Si/c1-4-10-25(11-5-1)16-17-26-18-20-29(21-19-26)24-32-33(30-22-27-12-6-2-7-13-27)31-23-28-14-8-3-9-15-28/h1-21,33H,22-24H2. The molecule has 4 aromatic rings. The van der Waals surface area contributed by atoms with E-state index in [-0.39, 0.29) is 0 Å². The fourth-order valence-electron chi connectivity index (χ4n) is 3.27. The third-order valence-electron chi connectivity index (χ3n) is 5.09. The monoisotopic (exact) mass is 452 g/mol. The van der Waals surface area contributed by atoms with Crippen molar-refractivity contribution in [2.45, 2.75) is 19.8 Å². The molecule has 166 valence electrons. The zero-order valence-corrected chi connectivity index (χ0v) is 19.7. The number of benzene rings is 4. The first-order valence-electron chi connectivity index (χ1n) is 11.1. The van der Waals surface area contributed by atoms with Crippen molar-refractivity contribution < 1.29 is 13.3 Å². The molecule has 0 aliphatic rings. The van der Waals surface area contributed by atoms with Crippen LogP contribution in [0.3, 0.4) is 0 Å². The van der Waals surface area contributed by atoms with Gasteiger partial charge in [0.25, 0.3) is 0 Å². The van der Waals surface area contributed by atoms with E-state index in [1.807, 2.05) is 78.9 Å². The molecule has 0 fully saturated rings. The number of hydrogen-bond acceptors (Lipinski definition) is 3. The molecule has 0 aliphatic heterocycles. The average Bonchev–Trinajstić information content (AvgIpc) is 2.89. The van der Waals surface area contributed by atoms with Crippen LogP contribution in [-0.2, 0) is 33.1 Å². The van der Waals surface area contributed by atoms with Crippen molar-refractivity contribution in [1.29, 1.82) is 0 Å². The van der Waals surface area contributed by atoms with Crippen molar-refractivity contribution in [1.82, 2.24) is 0 Å². The first kappa shape index (κ1) is 22.9. The van der Waals surface area contributed by atoms with Gasteiger partial charge in [-0.05, 0) is 27.8 Å². The molecule has 0 aromatic heterocycles. The molecule has 0 N–H and O–H groups in total. The highest BCUT2D eigenvalue weighted by Gasteiger charge is 2.16. The molecule has 0 heterocycles. The van der Waals surface area contributed by atoms with Gasteiger partial charge in [0.05, 0.1) is 19.8 Å². The van der Waals surface area contributed by atoms with Crippen molar-refractivity contribution in [3.63, 3.8) is 0 Å². The molecule has 0 atom stereocenters. The van der Waals surface area contributed by atoms with Gasteiger partial charge < -0.3 is 13.3 Å². The lowest BCUT2D eigenvalue weighted by Crippen LogP contribution is -2.27. The van der Waals surface area contributed by atoms with Crippen LogP contribution in [0.2, 0.25) is 0 Å². The van der Waals surface area contributed by atoms with E-state index in [2.05, 4.69) is 48.6 Å². The Morgan fingerprint density at radius 1 is 0.424 bits per heavy atom. The van der Waals surface area contributed by atoms with E-state index >= 15 is 0 Å². The van der Waals surface area contributed by atoms with Crippen LogP contribution < -0.4 is 0 Å². The maximum Gasteiger partial charge on any atom is 0.485 e. The Hall–Kier alpha value is -3.28. The quantitative estimate of drug-likeness (QED) is 0.191.